The van der Waals surface area contributed by atoms with Crippen LogP contribution in [0, 0.1) is 17.8 Å². The molecule has 43 heavy (non-hydrogen) atoms. The summed E-state index contributed by atoms with van der Waals surface area (Å²) in [7, 11) is -1.09. The molecule has 0 N–H and O–H groups in total. The highest BCUT2D eigenvalue weighted by Gasteiger charge is 2.36. The summed E-state index contributed by atoms with van der Waals surface area (Å²) >= 11 is 0. The average molecular weight is 605 g/mol. The fraction of sp³-hybridized carbons (Fsp3) is 0.371. The fourth-order valence-corrected chi connectivity index (χ4v) is 7.49. The van der Waals surface area contributed by atoms with Gasteiger partial charge in [0.25, 0.3) is 0 Å². The van der Waals surface area contributed by atoms with E-state index >= 15 is 0 Å². The van der Waals surface area contributed by atoms with Crippen molar-refractivity contribution in [3.63, 3.8) is 0 Å². The maximum atomic E-state index is 14.0. The van der Waals surface area contributed by atoms with Gasteiger partial charge in [-0.05, 0) is 76.4 Å². The predicted octanol–water partition coefficient (Wildman–Crippen LogP) is 5.35. The van der Waals surface area contributed by atoms with Gasteiger partial charge in [-0.2, -0.15) is 0 Å². The third-order valence-corrected chi connectivity index (χ3v) is 9.82. The summed E-state index contributed by atoms with van der Waals surface area (Å²) < 4.78 is 16.5. The zero-order valence-electron chi connectivity index (χ0n) is 25.5. The lowest BCUT2D eigenvalue weighted by atomic mass is 9.86. The summed E-state index contributed by atoms with van der Waals surface area (Å²) in [5.41, 5.74) is 0.419. The number of ether oxygens (including phenoxy) is 3. The maximum Gasteiger partial charge on any atom is 0.339 e. The van der Waals surface area contributed by atoms with Gasteiger partial charge in [0.2, 0.25) is 0 Å². The number of Topliss-reactive ketones (excluding diaryl/α,β-unsaturated/α-hetero) is 1. The Hall–Kier alpha value is -3.83. The number of carbonyl (C=O) groups excluding carboxylic acids is 4. The lowest BCUT2D eigenvalue weighted by Gasteiger charge is -2.30. The first-order chi connectivity index (χ1) is 20.7. The van der Waals surface area contributed by atoms with Gasteiger partial charge in [-0.25, -0.2) is 4.79 Å². The zero-order valence-corrected chi connectivity index (χ0v) is 26.4. The molecule has 0 radical (unpaired) electrons. The van der Waals surface area contributed by atoms with Crippen LogP contribution in [0.2, 0.25) is 0 Å². The van der Waals surface area contributed by atoms with Crippen molar-refractivity contribution in [3.05, 3.63) is 90.5 Å². The first-order valence-corrected chi connectivity index (χ1v) is 16.1. The number of hydrogen-bond acceptors (Lipinski definition) is 7. The van der Waals surface area contributed by atoms with E-state index in [1.54, 1.807) is 32.9 Å². The van der Waals surface area contributed by atoms with Crippen molar-refractivity contribution in [2.75, 3.05) is 13.2 Å². The molecule has 0 aromatic heterocycles. The third kappa shape index (κ3) is 9.08. The smallest absolute Gasteiger partial charge is 0.339 e. The largest absolute Gasteiger partial charge is 0.466 e. The lowest BCUT2D eigenvalue weighted by Crippen LogP contribution is -2.38. The molecule has 8 heteroatoms. The number of esters is 3. The maximum absolute atomic E-state index is 14.0. The van der Waals surface area contributed by atoms with E-state index < -0.39 is 43.8 Å². The van der Waals surface area contributed by atoms with E-state index in [2.05, 4.69) is 24.3 Å². The number of ketones is 1. The normalized spacial score (nSPS) is 13.8. The van der Waals surface area contributed by atoms with Crippen LogP contribution in [0.3, 0.4) is 0 Å². The van der Waals surface area contributed by atoms with E-state index in [1.807, 2.05) is 55.5 Å². The van der Waals surface area contributed by atoms with E-state index in [4.69, 9.17) is 14.2 Å². The highest BCUT2D eigenvalue weighted by molar-refractivity contribution is 7.80. The Kier molecular flexibility index (Phi) is 13.1. The van der Waals surface area contributed by atoms with Crippen molar-refractivity contribution >= 4 is 47.5 Å². The number of carbonyl (C=O) groups is 4. The van der Waals surface area contributed by atoms with Crippen LogP contribution in [0.1, 0.15) is 57.8 Å². The van der Waals surface area contributed by atoms with Crippen molar-refractivity contribution in [3.8, 4) is 0 Å². The molecular weight excluding hydrogens is 563 g/mol. The van der Waals surface area contributed by atoms with Crippen LogP contribution in [-0.2, 0) is 28.6 Å². The number of hydrogen-bond donors (Lipinski definition) is 0. The molecule has 0 amide bonds. The quantitative estimate of drug-likeness (QED) is 0.0999. The molecule has 0 aliphatic carbocycles. The second-order valence-corrected chi connectivity index (χ2v) is 12.6. The van der Waals surface area contributed by atoms with E-state index in [0.717, 1.165) is 15.9 Å². The van der Waals surface area contributed by atoms with Gasteiger partial charge in [0.1, 0.15) is 17.8 Å². The van der Waals surface area contributed by atoms with Gasteiger partial charge < -0.3 is 14.2 Å². The molecule has 3 aromatic carbocycles. The molecule has 4 atom stereocenters. The van der Waals surface area contributed by atoms with Crippen LogP contribution < -0.4 is 15.9 Å². The molecule has 3 aromatic rings. The van der Waals surface area contributed by atoms with Crippen LogP contribution in [0.15, 0.2) is 84.9 Å². The van der Waals surface area contributed by atoms with Crippen molar-refractivity contribution in [1.82, 2.24) is 0 Å². The van der Waals surface area contributed by atoms with E-state index in [1.165, 1.54) is 6.92 Å². The van der Waals surface area contributed by atoms with Gasteiger partial charge in [0, 0.05) is 0 Å². The second kappa shape index (κ2) is 16.7. The monoisotopic (exact) mass is 604 g/mol. The predicted molar refractivity (Wildman–Crippen MR) is 169 cm³/mol. The summed E-state index contributed by atoms with van der Waals surface area (Å²) in [5, 5.41) is 3.01. The Balaban J connectivity index is 1.96. The van der Waals surface area contributed by atoms with Crippen molar-refractivity contribution < 1.29 is 33.4 Å². The standard InChI is InChI=1S/C35H41O7P/c1-6-40-33(37)25(4)32(24(3)22-23-29(26(5)36)34(38)41-7-2)42-35(39)30-20-14-15-21-31(30)43(27-16-10-8-11-17-27)28-18-12-9-13-19-28/h8-21,24-25,29,32H,6-7,22-23H2,1-5H3/t24-,25+,29?,32+/m0/s1. The third-order valence-electron chi connectivity index (χ3n) is 7.32. The summed E-state index contributed by atoms with van der Waals surface area (Å²) in [4.78, 5) is 51.4. The van der Waals surface area contributed by atoms with Gasteiger partial charge in [-0.1, -0.05) is 85.8 Å². The van der Waals surface area contributed by atoms with Crippen LogP contribution in [0.5, 0.6) is 0 Å². The molecule has 0 saturated heterocycles. The first kappa shape index (κ1) is 33.7. The highest BCUT2D eigenvalue weighted by atomic mass is 31.1. The molecule has 228 valence electrons. The van der Waals surface area contributed by atoms with E-state index in [0.29, 0.717) is 12.0 Å². The summed E-state index contributed by atoms with van der Waals surface area (Å²) in [5.74, 6) is -3.94. The zero-order chi connectivity index (χ0) is 31.4. The Morgan fingerprint density at radius 1 is 0.698 bits per heavy atom. The molecule has 3 rings (SSSR count). The minimum absolute atomic E-state index is 0.173. The molecule has 0 heterocycles. The first-order valence-electron chi connectivity index (χ1n) is 14.7. The Morgan fingerprint density at radius 2 is 1.21 bits per heavy atom. The van der Waals surface area contributed by atoms with Crippen molar-refractivity contribution in [1.29, 1.82) is 0 Å². The molecule has 0 spiro atoms. The van der Waals surface area contributed by atoms with Crippen LogP contribution >= 0.6 is 7.92 Å². The molecular formula is C35H41O7P. The van der Waals surface area contributed by atoms with Crippen LogP contribution in [0.4, 0.5) is 0 Å². The van der Waals surface area contributed by atoms with Gasteiger partial charge in [0.05, 0.1) is 24.7 Å². The molecule has 0 saturated carbocycles. The summed E-state index contributed by atoms with van der Waals surface area (Å²) in [6, 6.07) is 27.5. The summed E-state index contributed by atoms with van der Waals surface area (Å²) in [6.45, 7) is 8.65. The number of benzene rings is 3. The van der Waals surface area contributed by atoms with Crippen LogP contribution in [0.25, 0.3) is 0 Å². The molecule has 0 bridgehead atoms. The lowest BCUT2D eigenvalue weighted by molar-refractivity contribution is -0.154. The van der Waals surface area contributed by atoms with Gasteiger partial charge in [-0.15, -0.1) is 0 Å². The van der Waals surface area contributed by atoms with Gasteiger partial charge in [0.15, 0.2) is 0 Å². The second-order valence-electron chi connectivity index (χ2n) is 10.4. The van der Waals surface area contributed by atoms with Crippen molar-refractivity contribution in [2.45, 2.75) is 53.6 Å². The molecule has 0 fully saturated rings. The van der Waals surface area contributed by atoms with E-state index in [9.17, 15) is 19.2 Å². The minimum Gasteiger partial charge on any atom is -0.466 e. The van der Waals surface area contributed by atoms with Crippen LogP contribution in [-0.4, -0.2) is 43.0 Å². The average Bonchev–Trinajstić information content (AvgIpc) is 3.01. The molecule has 7 nitrogen and oxygen atoms in total. The Morgan fingerprint density at radius 3 is 1.74 bits per heavy atom. The highest BCUT2D eigenvalue weighted by Crippen LogP contribution is 2.35. The topological polar surface area (TPSA) is 96.0 Å². The fourth-order valence-electron chi connectivity index (χ4n) is 5.05. The van der Waals surface area contributed by atoms with Crippen molar-refractivity contribution in [2.24, 2.45) is 17.8 Å². The Bertz CT molecular complexity index is 1320. The number of rotatable bonds is 15. The molecule has 0 aliphatic rings. The summed E-state index contributed by atoms with van der Waals surface area (Å²) in [6.07, 6.45) is -0.287. The SMILES string of the molecule is CCOC(=O)C(CC[C@H](C)[C@@H](OC(=O)c1ccccc1P(c1ccccc1)c1ccccc1)[C@@H](C)C(=O)OCC)C(C)=O. The Labute approximate surface area is 255 Å². The van der Waals surface area contributed by atoms with Gasteiger partial charge in [-0.3, -0.25) is 14.4 Å². The van der Waals surface area contributed by atoms with Gasteiger partial charge >= 0.3 is 17.9 Å². The molecule has 1 unspecified atom stereocenters. The minimum atomic E-state index is -1.09. The van der Waals surface area contributed by atoms with E-state index in [-0.39, 0.29) is 31.3 Å². The molecule has 0 aliphatic heterocycles.